The highest BCUT2D eigenvalue weighted by molar-refractivity contribution is 5.74. The average molecular weight is 394 g/mol. The first-order valence-electron chi connectivity index (χ1n) is 9.42. The molecule has 0 aliphatic heterocycles. The summed E-state index contributed by atoms with van der Waals surface area (Å²) in [7, 11) is 3.51. The third kappa shape index (κ3) is 5.51. The van der Waals surface area contributed by atoms with Crippen LogP contribution in [0.5, 0.6) is 11.5 Å². The number of aryl methyl sites for hydroxylation is 2. The fourth-order valence-electron chi connectivity index (χ4n) is 2.99. The fourth-order valence-corrected chi connectivity index (χ4v) is 2.99. The quantitative estimate of drug-likeness (QED) is 0.575. The molecule has 1 heterocycles. The number of aromatic nitrogens is 2. The lowest BCUT2D eigenvalue weighted by molar-refractivity contribution is 0.233. The second-order valence-electron chi connectivity index (χ2n) is 6.67. The zero-order chi connectivity index (χ0) is 20.6. The van der Waals surface area contributed by atoms with Gasteiger partial charge in [0.25, 0.3) is 0 Å². The highest BCUT2D eigenvalue weighted by Gasteiger charge is 2.21. The van der Waals surface area contributed by atoms with Gasteiger partial charge in [-0.2, -0.15) is 0 Å². The van der Waals surface area contributed by atoms with Crippen LogP contribution in [-0.2, 0) is 7.05 Å². The van der Waals surface area contributed by atoms with E-state index in [0.29, 0.717) is 13.2 Å². The molecule has 7 nitrogen and oxygen atoms in total. The molecule has 2 amide bonds. The Kier molecular flexibility index (Phi) is 6.73. The van der Waals surface area contributed by atoms with Gasteiger partial charge in [-0.05, 0) is 42.3 Å². The van der Waals surface area contributed by atoms with E-state index in [1.165, 1.54) is 0 Å². The van der Waals surface area contributed by atoms with Gasteiger partial charge in [0.2, 0.25) is 0 Å². The van der Waals surface area contributed by atoms with Crippen LogP contribution in [0.15, 0.2) is 60.9 Å². The van der Waals surface area contributed by atoms with Gasteiger partial charge in [0.05, 0.1) is 13.7 Å². The summed E-state index contributed by atoms with van der Waals surface area (Å²) in [5, 5.41) is 5.83. The van der Waals surface area contributed by atoms with Gasteiger partial charge in [-0.3, -0.25) is 0 Å². The van der Waals surface area contributed by atoms with Gasteiger partial charge in [0.15, 0.2) is 0 Å². The molecule has 7 heteroatoms. The van der Waals surface area contributed by atoms with Crippen molar-refractivity contribution in [2.75, 3.05) is 20.3 Å². The van der Waals surface area contributed by atoms with Crippen molar-refractivity contribution in [1.29, 1.82) is 0 Å². The molecule has 1 atom stereocenters. The van der Waals surface area contributed by atoms with Crippen LogP contribution in [0.2, 0.25) is 0 Å². The lowest BCUT2D eigenvalue weighted by Crippen LogP contribution is -2.40. The molecule has 0 fully saturated rings. The number of urea groups is 1. The van der Waals surface area contributed by atoms with Crippen molar-refractivity contribution in [1.82, 2.24) is 20.2 Å². The van der Waals surface area contributed by atoms with Crippen molar-refractivity contribution >= 4 is 6.03 Å². The Morgan fingerprint density at radius 1 is 1.17 bits per heavy atom. The monoisotopic (exact) mass is 394 g/mol. The first-order chi connectivity index (χ1) is 14.1. The van der Waals surface area contributed by atoms with E-state index in [2.05, 4.69) is 15.6 Å². The maximum absolute atomic E-state index is 12.5. The third-order valence-electron chi connectivity index (χ3n) is 4.47. The SMILES string of the molecule is COc1cccc([C@H](NC(=O)NCCOc2cccc(C)c2)c2nccn2C)c1. The molecule has 0 spiro atoms. The molecule has 3 aromatic rings. The summed E-state index contributed by atoms with van der Waals surface area (Å²) in [5.74, 6) is 2.23. The number of rotatable bonds is 8. The molecule has 3 rings (SSSR count). The number of amides is 2. The van der Waals surface area contributed by atoms with E-state index in [0.717, 1.165) is 28.5 Å². The molecule has 2 aromatic carbocycles. The van der Waals surface area contributed by atoms with Crippen molar-refractivity contribution in [2.24, 2.45) is 7.05 Å². The van der Waals surface area contributed by atoms with Crippen LogP contribution in [0.3, 0.4) is 0 Å². The lowest BCUT2D eigenvalue weighted by Gasteiger charge is -2.20. The van der Waals surface area contributed by atoms with E-state index < -0.39 is 6.04 Å². The largest absolute Gasteiger partial charge is 0.497 e. The second kappa shape index (κ2) is 9.64. The third-order valence-corrected chi connectivity index (χ3v) is 4.47. The number of methoxy groups -OCH3 is 1. The summed E-state index contributed by atoms with van der Waals surface area (Å²) in [6.07, 6.45) is 3.55. The molecule has 0 aliphatic carbocycles. The van der Waals surface area contributed by atoms with Crippen molar-refractivity contribution in [2.45, 2.75) is 13.0 Å². The normalized spacial score (nSPS) is 11.6. The van der Waals surface area contributed by atoms with Gasteiger partial charge in [0, 0.05) is 19.4 Å². The van der Waals surface area contributed by atoms with Crippen LogP contribution >= 0.6 is 0 Å². The van der Waals surface area contributed by atoms with Crippen molar-refractivity contribution in [3.8, 4) is 11.5 Å². The topological polar surface area (TPSA) is 77.4 Å². The zero-order valence-electron chi connectivity index (χ0n) is 16.9. The first-order valence-corrected chi connectivity index (χ1v) is 9.42. The van der Waals surface area contributed by atoms with E-state index in [4.69, 9.17) is 9.47 Å². The molecule has 0 radical (unpaired) electrons. The number of hydrogen-bond acceptors (Lipinski definition) is 4. The van der Waals surface area contributed by atoms with E-state index in [1.54, 1.807) is 13.3 Å². The Bertz CT molecular complexity index is 954. The Hall–Kier alpha value is -3.48. The first kappa shape index (κ1) is 20.3. The molecular weight excluding hydrogens is 368 g/mol. The van der Waals surface area contributed by atoms with Crippen molar-refractivity contribution < 1.29 is 14.3 Å². The van der Waals surface area contributed by atoms with Gasteiger partial charge >= 0.3 is 6.03 Å². The van der Waals surface area contributed by atoms with E-state index in [1.807, 2.05) is 73.3 Å². The van der Waals surface area contributed by atoms with Crippen LogP contribution in [0.1, 0.15) is 23.0 Å². The number of hydrogen-bond donors (Lipinski definition) is 2. The molecule has 0 bridgehead atoms. The number of carbonyl (C=O) groups excluding carboxylic acids is 1. The highest BCUT2D eigenvalue weighted by Crippen LogP contribution is 2.24. The fraction of sp³-hybridized carbons (Fsp3) is 0.273. The van der Waals surface area contributed by atoms with Gasteiger partial charge < -0.3 is 24.7 Å². The maximum Gasteiger partial charge on any atom is 0.315 e. The minimum atomic E-state index is -0.414. The number of carbonyl (C=O) groups is 1. The molecule has 0 saturated carbocycles. The predicted molar refractivity (Wildman–Crippen MR) is 111 cm³/mol. The van der Waals surface area contributed by atoms with Crippen molar-refractivity contribution in [3.63, 3.8) is 0 Å². The number of benzene rings is 2. The van der Waals surface area contributed by atoms with Crippen LogP contribution < -0.4 is 20.1 Å². The summed E-state index contributed by atoms with van der Waals surface area (Å²) >= 11 is 0. The smallest absolute Gasteiger partial charge is 0.315 e. The second-order valence-corrected chi connectivity index (χ2v) is 6.67. The Morgan fingerprint density at radius 3 is 2.69 bits per heavy atom. The highest BCUT2D eigenvalue weighted by atomic mass is 16.5. The minimum absolute atomic E-state index is 0.298. The lowest BCUT2D eigenvalue weighted by atomic mass is 10.1. The molecule has 0 unspecified atom stereocenters. The molecule has 152 valence electrons. The predicted octanol–water partition coefficient (Wildman–Crippen LogP) is 3.20. The average Bonchev–Trinajstić information content (AvgIpc) is 3.15. The molecule has 0 aliphatic rings. The van der Waals surface area contributed by atoms with Gasteiger partial charge in [-0.25, -0.2) is 9.78 Å². The summed E-state index contributed by atoms with van der Waals surface area (Å²) in [4.78, 5) is 16.9. The minimum Gasteiger partial charge on any atom is -0.497 e. The van der Waals surface area contributed by atoms with Crippen LogP contribution in [0.4, 0.5) is 4.79 Å². The molecule has 1 aromatic heterocycles. The van der Waals surface area contributed by atoms with Gasteiger partial charge in [-0.1, -0.05) is 24.3 Å². The van der Waals surface area contributed by atoms with Crippen LogP contribution in [-0.4, -0.2) is 35.8 Å². The van der Waals surface area contributed by atoms with Gasteiger partial charge in [0.1, 0.15) is 30.0 Å². The Morgan fingerprint density at radius 2 is 1.97 bits per heavy atom. The van der Waals surface area contributed by atoms with Crippen molar-refractivity contribution in [3.05, 3.63) is 77.9 Å². The maximum atomic E-state index is 12.5. The van der Waals surface area contributed by atoms with E-state index >= 15 is 0 Å². The van der Waals surface area contributed by atoms with E-state index in [-0.39, 0.29) is 6.03 Å². The summed E-state index contributed by atoms with van der Waals surface area (Å²) < 4.78 is 12.9. The van der Waals surface area contributed by atoms with Gasteiger partial charge in [-0.15, -0.1) is 0 Å². The molecular formula is C22H26N4O3. The molecule has 29 heavy (non-hydrogen) atoms. The van der Waals surface area contributed by atoms with Crippen LogP contribution in [0, 0.1) is 6.92 Å². The molecule has 0 saturated heterocycles. The zero-order valence-corrected chi connectivity index (χ0v) is 16.9. The summed E-state index contributed by atoms with van der Waals surface area (Å²) in [6.45, 7) is 2.77. The molecule has 2 N–H and O–H groups in total. The van der Waals surface area contributed by atoms with E-state index in [9.17, 15) is 4.79 Å². The number of nitrogens with zero attached hydrogens (tertiary/aromatic N) is 2. The Balaban J connectivity index is 1.61. The summed E-state index contributed by atoms with van der Waals surface area (Å²) in [5.41, 5.74) is 2.01. The van der Waals surface area contributed by atoms with Crippen LogP contribution in [0.25, 0.3) is 0 Å². The number of imidazole rings is 1. The Labute approximate surface area is 170 Å². The summed E-state index contributed by atoms with van der Waals surface area (Å²) in [6, 6.07) is 14.7. The standard InChI is InChI=1S/C22H26N4O3/c1-16-6-4-9-19(14-16)29-13-11-24-22(27)25-20(21-23-10-12-26(21)2)17-7-5-8-18(15-17)28-3/h4-10,12,14-15,20H,11,13H2,1-3H3,(H2,24,25,27)/t20-/m0/s1. The number of nitrogens with one attached hydrogen (secondary N) is 2. The number of ether oxygens (including phenoxy) is 2.